The lowest BCUT2D eigenvalue weighted by atomic mass is 10.0. The first-order chi connectivity index (χ1) is 24.2. The van der Waals surface area contributed by atoms with E-state index in [4.69, 9.17) is 39.8 Å². The molecule has 0 aliphatic carbocycles. The van der Waals surface area contributed by atoms with Crippen molar-refractivity contribution < 1.29 is 9.59 Å². The number of aromatic nitrogens is 4. The van der Waals surface area contributed by atoms with Gasteiger partial charge in [0.05, 0.1) is 29.9 Å². The van der Waals surface area contributed by atoms with Gasteiger partial charge in [-0.25, -0.2) is 9.97 Å². The number of nitrogens with zero attached hydrogens (tertiary/aromatic N) is 4. The number of piperidine rings is 1. The van der Waals surface area contributed by atoms with E-state index in [1.807, 2.05) is 72.2 Å². The second-order valence-electron chi connectivity index (χ2n) is 12.5. The van der Waals surface area contributed by atoms with Gasteiger partial charge in [-0.15, -0.1) is 0 Å². The summed E-state index contributed by atoms with van der Waals surface area (Å²) in [6.45, 7) is 5.27. The minimum Gasteiger partial charge on any atom is -0.355 e. The molecule has 0 saturated carbocycles. The van der Waals surface area contributed by atoms with Crippen molar-refractivity contribution in [1.29, 1.82) is 0 Å². The zero-order chi connectivity index (χ0) is 34.9. The van der Waals surface area contributed by atoms with Crippen molar-refractivity contribution in [2.75, 3.05) is 23.3 Å². The summed E-state index contributed by atoms with van der Waals surface area (Å²) < 4.78 is 2.02. The van der Waals surface area contributed by atoms with Crippen LogP contribution in [0.2, 0.25) is 15.1 Å². The summed E-state index contributed by atoms with van der Waals surface area (Å²) in [7, 11) is 0. The molecule has 0 radical (unpaired) electrons. The zero-order valence-corrected chi connectivity index (χ0v) is 29.7. The van der Waals surface area contributed by atoms with Crippen LogP contribution in [0, 0.1) is 6.92 Å². The fourth-order valence-corrected chi connectivity index (χ4v) is 7.54. The molecule has 1 aliphatic rings. The van der Waals surface area contributed by atoms with Crippen LogP contribution in [0.5, 0.6) is 0 Å². The molecule has 3 N–H and O–H groups in total. The van der Waals surface area contributed by atoms with Crippen molar-refractivity contribution in [3.05, 3.63) is 117 Å². The molecule has 2 amide bonds. The Morgan fingerprint density at radius 2 is 1.72 bits per heavy atom. The normalized spacial score (nSPS) is 13.5. The van der Waals surface area contributed by atoms with Gasteiger partial charge >= 0.3 is 0 Å². The molecule has 1 fully saturated rings. The molecule has 4 heterocycles. The number of carbonyl (C=O) groups is 2. The van der Waals surface area contributed by atoms with Crippen LogP contribution < -0.4 is 15.5 Å². The number of pyridine rings is 1. The highest BCUT2D eigenvalue weighted by Gasteiger charge is 2.28. The van der Waals surface area contributed by atoms with Crippen molar-refractivity contribution >= 4 is 69.0 Å². The molecule has 0 atom stereocenters. The zero-order valence-electron chi connectivity index (χ0n) is 27.4. The highest BCUT2D eigenvalue weighted by atomic mass is 35.5. The third-order valence-corrected chi connectivity index (χ3v) is 9.85. The van der Waals surface area contributed by atoms with Crippen LogP contribution in [0.25, 0.3) is 33.4 Å². The molecule has 0 spiro atoms. The van der Waals surface area contributed by atoms with Gasteiger partial charge in [0.2, 0.25) is 5.91 Å². The minimum absolute atomic E-state index is 0.0344. The number of aryl methyl sites for hydroxylation is 1. The van der Waals surface area contributed by atoms with Gasteiger partial charge in [0, 0.05) is 69.3 Å². The van der Waals surface area contributed by atoms with Crippen LogP contribution in [-0.4, -0.2) is 50.5 Å². The van der Waals surface area contributed by atoms with Crippen LogP contribution in [-0.2, 0) is 11.3 Å². The molecular weight excluding hydrogens is 693 g/mol. The number of halogens is 3. The predicted octanol–water partition coefficient (Wildman–Crippen LogP) is 8.77. The summed E-state index contributed by atoms with van der Waals surface area (Å²) in [6.07, 6.45) is 5.05. The first kappa shape index (κ1) is 33.7. The summed E-state index contributed by atoms with van der Waals surface area (Å²) in [5, 5.41) is 8.62. The van der Waals surface area contributed by atoms with Gasteiger partial charge in [0.15, 0.2) is 5.82 Å². The molecule has 3 aromatic heterocycles. The number of nitrogens with one attached hydrogen (secondary N) is 3. The van der Waals surface area contributed by atoms with E-state index in [2.05, 4.69) is 25.5 Å². The average Bonchev–Trinajstić information content (AvgIpc) is 3.68. The van der Waals surface area contributed by atoms with Crippen molar-refractivity contribution in [3.63, 3.8) is 0 Å². The number of hydrogen-bond acceptors (Lipinski definition) is 5. The summed E-state index contributed by atoms with van der Waals surface area (Å²) >= 11 is 19.5. The van der Waals surface area contributed by atoms with E-state index in [0.29, 0.717) is 68.7 Å². The Balaban J connectivity index is 1.33. The molecule has 1 saturated heterocycles. The molecule has 6 aromatic rings. The Morgan fingerprint density at radius 1 is 0.940 bits per heavy atom. The number of benzene rings is 3. The maximum Gasteiger partial charge on any atom is 0.272 e. The topological polar surface area (TPSA) is 108 Å². The summed E-state index contributed by atoms with van der Waals surface area (Å²) in [6, 6.07) is 22.8. The number of fused-ring (bicyclic) bond motifs is 1. The summed E-state index contributed by atoms with van der Waals surface area (Å²) in [4.78, 5) is 41.2. The Kier molecular flexibility index (Phi) is 9.55. The van der Waals surface area contributed by atoms with Gasteiger partial charge in [0.1, 0.15) is 5.69 Å². The molecule has 254 valence electrons. The number of amides is 2. The van der Waals surface area contributed by atoms with Gasteiger partial charge in [-0.3, -0.25) is 9.59 Å². The minimum atomic E-state index is -0.345. The highest BCUT2D eigenvalue weighted by Crippen LogP contribution is 2.41. The van der Waals surface area contributed by atoms with Crippen molar-refractivity contribution in [1.82, 2.24) is 24.8 Å². The molecule has 50 heavy (non-hydrogen) atoms. The number of H-pyrrole nitrogens is 1. The number of carbonyl (C=O) groups excluding carboxylic acids is 2. The van der Waals surface area contributed by atoms with Gasteiger partial charge in [-0.2, -0.15) is 0 Å². The molecule has 9 nitrogen and oxygen atoms in total. The largest absolute Gasteiger partial charge is 0.355 e. The Bertz CT molecular complexity index is 2200. The molecular formula is C38H34Cl3N7O2. The summed E-state index contributed by atoms with van der Waals surface area (Å²) in [5.41, 5.74) is 6.49. The second-order valence-corrected chi connectivity index (χ2v) is 13.8. The van der Waals surface area contributed by atoms with E-state index in [1.54, 1.807) is 24.7 Å². The molecule has 12 heteroatoms. The monoisotopic (exact) mass is 725 g/mol. The van der Waals surface area contributed by atoms with Crippen molar-refractivity contribution in [2.45, 2.75) is 39.3 Å². The lowest BCUT2D eigenvalue weighted by Crippen LogP contribution is -2.44. The van der Waals surface area contributed by atoms with E-state index in [0.717, 1.165) is 40.6 Å². The molecule has 1 aliphatic heterocycles. The lowest BCUT2D eigenvalue weighted by Gasteiger charge is -2.33. The van der Waals surface area contributed by atoms with E-state index in [9.17, 15) is 9.59 Å². The molecule has 0 unspecified atom stereocenters. The van der Waals surface area contributed by atoms with E-state index < -0.39 is 0 Å². The lowest BCUT2D eigenvalue weighted by molar-refractivity contribution is -0.119. The SMILES string of the molecule is CC(=O)NC1CCN(c2ncccc2NC(=O)c2[nH]c3cc(Cl)ccc3c2-c2c(-c3ccccc3)ncn2Cc2c(C)cc(Cl)cc2Cl)CC1. The number of rotatable bonds is 8. The second kappa shape index (κ2) is 14.2. The van der Waals surface area contributed by atoms with Gasteiger partial charge in [-0.1, -0.05) is 71.2 Å². The predicted molar refractivity (Wildman–Crippen MR) is 202 cm³/mol. The Morgan fingerprint density at radius 3 is 2.46 bits per heavy atom. The maximum atomic E-state index is 14.5. The van der Waals surface area contributed by atoms with Crippen LogP contribution in [0.1, 0.15) is 41.4 Å². The summed E-state index contributed by atoms with van der Waals surface area (Å²) in [5.74, 6) is 0.292. The third kappa shape index (κ3) is 6.81. The van der Waals surface area contributed by atoms with Crippen LogP contribution in [0.4, 0.5) is 11.5 Å². The van der Waals surface area contributed by atoms with Crippen molar-refractivity contribution in [3.8, 4) is 22.5 Å². The standard InChI is InChI=1S/C38H34Cl3N7O2/c1-22-17-26(40)18-30(41)29(22)20-48-21-43-34(24-7-4-3-5-8-24)36(48)33-28-11-10-25(39)19-32(28)45-35(33)38(50)46-31-9-6-14-42-37(31)47-15-12-27(13-16-47)44-23(2)49/h3-11,14,17-19,21,27,45H,12-13,15-16,20H2,1-2H3,(H,44,49)(H,46,50). The van der Waals surface area contributed by atoms with E-state index in [-0.39, 0.29) is 17.9 Å². The van der Waals surface area contributed by atoms with Gasteiger partial charge in [-0.05, 0) is 67.3 Å². The Hall–Kier alpha value is -4.83. The molecule has 0 bridgehead atoms. The first-order valence-electron chi connectivity index (χ1n) is 16.3. The first-order valence-corrected chi connectivity index (χ1v) is 17.4. The van der Waals surface area contributed by atoms with Crippen molar-refractivity contribution in [2.24, 2.45) is 0 Å². The van der Waals surface area contributed by atoms with Crippen LogP contribution in [0.15, 0.2) is 85.3 Å². The average molecular weight is 727 g/mol. The number of imidazole rings is 1. The third-order valence-electron chi connectivity index (χ3n) is 9.06. The number of aromatic amines is 1. The quantitative estimate of drug-likeness (QED) is 0.145. The number of hydrogen-bond donors (Lipinski definition) is 3. The van der Waals surface area contributed by atoms with Crippen LogP contribution >= 0.6 is 34.8 Å². The van der Waals surface area contributed by atoms with Crippen LogP contribution in [0.3, 0.4) is 0 Å². The van der Waals surface area contributed by atoms with E-state index >= 15 is 0 Å². The highest BCUT2D eigenvalue weighted by molar-refractivity contribution is 6.35. The molecule has 7 rings (SSSR count). The fraction of sp³-hybridized carbons (Fsp3) is 0.211. The number of anilines is 2. The van der Waals surface area contributed by atoms with E-state index in [1.165, 1.54) is 6.92 Å². The Labute approximate surface area is 304 Å². The fourth-order valence-electron chi connectivity index (χ4n) is 6.71. The molecule has 3 aromatic carbocycles. The van der Waals surface area contributed by atoms with Gasteiger partial charge in [0.25, 0.3) is 5.91 Å². The van der Waals surface area contributed by atoms with Gasteiger partial charge < -0.3 is 25.1 Å². The smallest absolute Gasteiger partial charge is 0.272 e. The maximum absolute atomic E-state index is 14.5.